The van der Waals surface area contributed by atoms with Gasteiger partial charge >= 0.3 is 0 Å². The van der Waals surface area contributed by atoms with E-state index in [4.69, 9.17) is 9.97 Å². The Hall–Kier alpha value is -2.90. The third kappa shape index (κ3) is 2.93. The number of carbonyl (C=O) groups excluding carboxylic acids is 2. The zero-order valence-electron chi connectivity index (χ0n) is 16.7. The summed E-state index contributed by atoms with van der Waals surface area (Å²) in [5.41, 5.74) is 2.58. The van der Waals surface area contributed by atoms with Crippen LogP contribution in [0.2, 0.25) is 0 Å². The number of aryl methyl sites for hydroxylation is 2. The van der Waals surface area contributed by atoms with E-state index in [0.29, 0.717) is 42.4 Å². The van der Waals surface area contributed by atoms with E-state index < -0.39 is 0 Å². The van der Waals surface area contributed by atoms with Gasteiger partial charge < -0.3 is 4.90 Å². The molecule has 146 valence electrons. The Balaban J connectivity index is 1.66. The van der Waals surface area contributed by atoms with Crippen LogP contribution in [-0.2, 0) is 16.6 Å². The summed E-state index contributed by atoms with van der Waals surface area (Å²) in [6.45, 7) is 7.05. The standard InChI is InChI=1S/C20H24N6O2/c1-12-15(9-21-11-22-12)18(28)26-7-5-6-20(3,10-26)19-23-13(2)14-8-16(27)25(4)17(14)24-19/h9,11H,5-8,10H2,1-4H3/t20-/m0/s1. The number of likely N-dealkylation sites (tertiary alicyclic amines) is 1. The van der Waals surface area contributed by atoms with Crippen molar-refractivity contribution in [1.29, 1.82) is 0 Å². The molecule has 1 fully saturated rings. The van der Waals surface area contributed by atoms with Crippen LogP contribution in [0.5, 0.6) is 0 Å². The van der Waals surface area contributed by atoms with Gasteiger partial charge in [0.05, 0.1) is 17.7 Å². The van der Waals surface area contributed by atoms with Crippen molar-refractivity contribution in [1.82, 2.24) is 24.8 Å². The number of hydrogen-bond donors (Lipinski definition) is 0. The summed E-state index contributed by atoms with van der Waals surface area (Å²) >= 11 is 0. The van der Waals surface area contributed by atoms with Gasteiger partial charge in [-0.25, -0.2) is 19.9 Å². The number of amides is 2. The molecule has 4 heterocycles. The van der Waals surface area contributed by atoms with Gasteiger partial charge in [0.2, 0.25) is 5.91 Å². The summed E-state index contributed by atoms with van der Waals surface area (Å²) in [4.78, 5) is 46.2. The molecular weight excluding hydrogens is 356 g/mol. The monoisotopic (exact) mass is 380 g/mol. The van der Waals surface area contributed by atoms with Crippen LogP contribution in [0.25, 0.3) is 0 Å². The second-order valence-electron chi connectivity index (χ2n) is 7.98. The molecule has 2 aliphatic rings. The summed E-state index contributed by atoms with van der Waals surface area (Å²) < 4.78 is 0. The van der Waals surface area contributed by atoms with Crippen molar-refractivity contribution in [2.75, 3.05) is 25.0 Å². The Labute approximate surface area is 164 Å². The van der Waals surface area contributed by atoms with E-state index in [1.165, 1.54) is 6.33 Å². The van der Waals surface area contributed by atoms with Gasteiger partial charge in [0, 0.05) is 43.0 Å². The molecule has 0 bridgehead atoms. The summed E-state index contributed by atoms with van der Waals surface area (Å²) in [5, 5.41) is 0. The average Bonchev–Trinajstić information content (AvgIpc) is 2.97. The average molecular weight is 380 g/mol. The van der Waals surface area contributed by atoms with E-state index in [9.17, 15) is 9.59 Å². The topological polar surface area (TPSA) is 92.2 Å². The highest BCUT2D eigenvalue weighted by Gasteiger charge is 2.39. The van der Waals surface area contributed by atoms with Gasteiger partial charge in [0.1, 0.15) is 18.0 Å². The van der Waals surface area contributed by atoms with Crippen molar-refractivity contribution < 1.29 is 9.59 Å². The van der Waals surface area contributed by atoms with Gasteiger partial charge in [-0.2, -0.15) is 0 Å². The van der Waals surface area contributed by atoms with Crippen LogP contribution in [0, 0.1) is 13.8 Å². The van der Waals surface area contributed by atoms with Crippen LogP contribution in [0.4, 0.5) is 5.82 Å². The van der Waals surface area contributed by atoms with Crippen molar-refractivity contribution >= 4 is 17.6 Å². The van der Waals surface area contributed by atoms with Crippen molar-refractivity contribution in [2.24, 2.45) is 0 Å². The van der Waals surface area contributed by atoms with Crippen molar-refractivity contribution in [3.8, 4) is 0 Å². The smallest absolute Gasteiger partial charge is 0.257 e. The minimum atomic E-state index is -0.371. The normalized spacial score (nSPS) is 21.8. The molecule has 2 aliphatic heterocycles. The number of anilines is 1. The molecule has 1 saturated heterocycles. The fourth-order valence-electron chi connectivity index (χ4n) is 4.09. The number of aromatic nitrogens is 4. The van der Waals surface area contributed by atoms with E-state index in [0.717, 1.165) is 24.1 Å². The summed E-state index contributed by atoms with van der Waals surface area (Å²) in [7, 11) is 1.75. The number of hydrogen-bond acceptors (Lipinski definition) is 6. The molecule has 0 radical (unpaired) electrons. The molecule has 2 aromatic heterocycles. The molecule has 0 unspecified atom stereocenters. The van der Waals surface area contributed by atoms with Crippen LogP contribution in [0.3, 0.4) is 0 Å². The summed E-state index contributed by atoms with van der Waals surface area (Å²) in [6.07, 6.45) is 5.13. The Morgan fingerprint density at radius 2 is 2.00 bits per heavy atom. The molecule has 0 N–H and O–H groups in total. The lowest BCUT2D eigenvalue weighted by Gasteiger charge is -2.39. The first-order valence-electron chi connectivity index (χ1n) is 9.50. The molecule has 0 aliphatic carbocycles. The third-order valence-electron chi connectivity index (χ3n) is 5.88. The van der Waals surface area contributed by atoms with E-state index in [1.807, 2.05) is 18.7 Å². The lowest BCUT2D eigenvalue weighted by molar-refractivity contribution is -0.117. The predicted molar refractivity (Wildman–Crippen MR) is 103 cm³/mol. The SMILES string of the molecule is Cc1ncncc1C(=O)N1CCC[C@](C)(c2nc(C)c3c(n2)N(C)C(=O)C3)C1. The first-order valence-corrected chi connectivity index (χ1v) is 9.50. The molecule has 0 spiro atoms. The Kier molecular flexibility index (Phi) is 4.36. The molecular formula is C20H24N6O2. The fourth-order valence-corrected chi connectivity index (χ4v) is 4.09. The van der Waals surface area contributed by atoms with Gasteiger partial charge in [0.25, 0.3) is 5.91 Å². The summed E-state index contributed by atoms with van der Waals surface area (Å²) in [6, 6.07) is 0. The van der Waals surface area contributed by atoms with Gasteiger partial charge in [-0.3, -0.25) is 14.5 Å². The van der Waals surface area contributed by atoms with Crippen molar-refractivity contribution in [3.63, 3.8) is 0 Å². The number of likely N-dealkylation sites (N-methyl/N-ethyl adjacent to an activating group) is 1. The molecule has 8 nitrogen and oxygen atoms in total. The highest BCUT2D eigenvalue weighted by atomic mass is 16.2. The van der Waals surface area contributed by atoms with Gasteiger partial charge in [-0.1, -0.05) is 6.92 Å². The van der Waals surface area contributed by atoms with Crippen LogP contribution in [0.1, 0.15) is 52.9 Å². The minimum absolute atomic E-state index is 0.0368. The maximum Gasteiger partial charge on any atom is 0.257 e. The highest BCUT2D eigenvalue weighted by Crippen LogP contribution is 2.36. The zero-order chi connectivity index (χ0) is 20.1. The fraction of sp³-hybridized carbons (Fsp3) is 0.500. The largest absolute Gasteiger partial charge is 0.338 e. The number of nitrogens with zero attached hydrogens (tertiary/aromatic N) is 6. The highest BCUT2D eigenvalue weighted by molar-refractivity contribution is 6.00. The maximum absolute atomic E-state index is 13.0. The maximum atomic E-state index is 13.0. The van der Waals surface area contributed by atoms with Gasteiger partial charge in [0.15, 0.2) is 0 Å². The van der Waals surface area contributed by atoms with Crippen molar-refractivity contribution in [2.45, 2.75) is 45.4 Å². The molecule has 8 heteroatoms. The van der Waals surface area contributed by atoms with Crippen LogP contribution in [-0.4, -0.2) is 56.8 Å². The number of fused-ring (bicyclic) bond motifs is 1. The first-order chi connectivity index (χ1) is 13.3. The third-order valence-corrected chi connectivity index (χ3v) is 5.88. The molecule has 0 saturated carbocycles. The molecule has 28 heavy (non-hydrogen) atoms. The predicted octanol–water partition coefficient (Wildman–Crippen LogP) is 1.60. The summed E-state index contributed by atoms with van der Waals surface area (Å²) in [5.74, 6) is 1.37. The number of rotatable bonds is 2. The second-order valence-corrected chi connectivity index (χ2v) is 7.98. The van der Waals surface area contributed by atoms with Crippen molar-refractivity contribution in [3.05, 3.63) is 40.9 Å². The second kappa shape index (κ2) is 6.61. The molecule has 0 aromatic carbocycles. The van der Waals surface area contributed by atoms with Crippen LogP contribution < -0.4 is 4.90 Å². The molecule has 2 amide bonds. The van der Waals surface area contributed by atoms with Gasteiger partial charge in [-0.15, -0.1) is 0 Å². The van der Waals surface area contributed by atoms with Crippen LogP contribution >= 0.6 is 0 Å². The van der Waals surface area contributed by atoms with Gasteiger partial charge in [-0.05, 0) is 26.7 Å². The molecule has 1 atom stereocenters. The molecule has 4 rings (SSSR count). The van der Waals surface area contributed by atoms with E-state index in [-0.39, 0.29) is 17.2 Å². The van der Waals surface area contributed by atoms with E-state index in [2.05, 4.69) is 16.9 Å². The number of carbonyl (C=O) groups is 2. The molecule has 2 aromatic rings. The number of piperidine rings is 1. The van der Waals surface area contributed by atoms with Crippen LogP contribution in [0.15, 0.2) is 12.5 Å². The Morgan fingerprint density at radius 1 is 1.21 bits per heavy atom. The quantitative estimate of drug-likeness (QED) is 0.786. The minimum Gasteiger partial charge on any atom is -0.338 e. The zero-order valence-corrected chi connectivity index (χ0v) is 16.7. The Bertz CT molecular complexity index is 975. The lowest BCUT2D eigenvalue weighted by Crippen LogP contribution is -2.48. The van der Waals surface area contributed by atoms with E-state index >= 15 is 0 Å². The lowest BCUT2D eigenvalue weighted by atomic mass is 9.80. The van der Waals surface area contributed by atoms with E-state index in [1.54, 1.807) is 18.1 Å². The first kappa shape index (κ1) is 18.5. The Morgan fingerprint density at radius 3 is 2.75 bits per heavy atom.